The molecule has 0 fully saturated rings. The number of carboxylic acid groups (broad SMARTS) is 1. The number of hydrogen-bond acceptors (Lipinski definition) is 4. The molecule has 6 heteroatoms. The lowest BCUT2D eigenvalue weighted by Crippen LogP contribution is -2.42. The SMILES string of the molecule is O=C(CCc1ccccc1)N[C@H](Cc1ccc(OCc2ccccc2)c(OCc2ccccc2)c1)C(=O)O. The first-order valence-electron chi connectivity index (χ1n) is 12.6. The fraction of sp³-hybridized carbons (Fsp3) is 0.188. The van der Waals surface area contributed by atoms with Gasteiger partial charge in [0.05, 0.1) is 0 Å². The van der Waals surface area contributed by atoms with Crippen LogP contribution in [0.25, 0.3) is 0 Å². The van der Waals surface area contributed by atoms with Crippen LogP contribution in [-0.4, -0.2) is 23.0 Å². The van der Waals surface area contributed by atoms with E-state index >= 15 is 0 Å². The molecule has 4 rings (SSSR count). The Bertz CT molecular complexity index is 1310. The Kier molecular flexibility index (Phi) is 9.51. The lowest BCUT2D eigenvalue weighted by atomic mass is 10.0. The maximum atomic E-state index is 12.5. The first-order valence-corrected chi connectivity index (χ1v) is 12.6. The summed E-state index contributed by atoms with van der Waals surface area (Å²) in [4.78, 5) is 24.5. The first kappa shape index (κ1) is 26.5. The molecule has 6 nitrogen and oxygen atoms in total. The minimum Gasteiger partial charge on any atom is -0.485 e. The van der Waals surface area contributed by atoms with Crippen molar-refractivity contribution in [1.82, 2.24) is 5.32 Å². The third-order valence-electron chi connectivity index (χ3n) is 6.04. The van der Waals surface area contributed by atoms with Crippen molar-refractivity contribution in [1.29, 1.82) is 0 Å². The molecule has 38 heavy (non-hydrogen) atoms. The van der Waals surface area contributed by atoms with Crippen LogP contribution >= 0.6 is 0 Å². The van der Waals surface area contributed by atoms with Crippen LogP contribution in [0.5, 0.6) is 11.5 Å². The van der Waals surface area contributed by atoms with Gasteiger partial charge in [0.2, 0.25) is 5.91 Å². The second kappa shape index (κ2) is 13.7. The topological polar surface area (TPSA) is 84.9 Å². The minimum atomic E-state index is -1.09. The van der Waals surface area contributed by atoms with Crippen LogP contribution < -0.4 is 14.8 Å². The summed E-state index contributed by atoms with van der Waals surface area (Å²) in [5.74, 6) is -0.312. The van der Waals surface area contributed by atoms with Crippen LogP contribution in [-0.2, 0) is 35.6 Å². The van der Waals surface area contributed by atoms with Gasteiger partial charge < -0.3 is 19.9 Å². The number of amides is 1. The maximum Gasteiger partial charge on any atom is 0.326 e. The predicted molar refractivity (Wildman–Crippen MR) is 146 cm³/mol. The monoisotopic (exact) mass is 509 g/mol. The van der Waals surface area contributed by atoms with E-state index in [2.05, 4.69) is 5.32 Å². The summed E-state index contributed by atoms with van der Waals surface area (Å²) in [5, 5.41) is 12.4. The van der Waals surface area contributed by atoms with Gasteiger partial charge in [-0.25, -0.2) is 4.79 Å². The van der Waals surface area contributed by atoms with Gasteiger partial charge in [0, 0.05) is 12.8 Å². The largest absolute Gasteiger partial charge is 0.485 e. The van der Waals surface area contributed by atoms with Gasteiger partial charge in [-0.3, -0.25) is 4.79 Å². The van der Waals surface area contributed by atoms with E-state index < -0.39 is 12.0 Å². The standard InChI is InChI=1S/C32H31NO5/c34-31(19-17-24-10-4-1-5-11-24)33-28(32(35)36)20-27-16-18-29(37-22-25-12-6-2-7-13-25)30(21-27)38-23-26-14-8-3-9-15-26/h1-16,18,21,28H,17,19-20,22-23H2,(H,33,34)(H,35,36)/t28-/m1/s1. The van der Waals surface area contributed by atoms with E-state index in [1.54, 1.807) is 12.1 Å². The molecule has 4 aromatic carbocycles. The van der Waals surface area contributed by atoms with Gasteiger partial charge in [0.15, 0.2) is 11.5 Å². The Hall–Kier alpha value is -4.58. The van der Waals surface area contributed by atoms with Crippen LogP contribution in [0.1, 0.15) is 28.7 Å². The third kappa shape index (κ3) is 8.23. The van der Waals surface area contributed by atoms with Crippen molar-refractivity contribution >= 4 is 11.9 Å². The summed E-state index contributed by atoms with van der Waals surface area (Å²) in [6, 6.07) is 33.6. The Morgan fingerprint density at radius 1 is 0.658 bits per heavy atom. The Morgan fingerprint density at radius 3 is 1.74 bits per heavy atom. The van der Waals surface area contributed by atoms with Crippen molar-refractivity contribution in [3.05, 3.63) is 131 Å². The zero-order valence-corrected chi connectivity index (χ0v) is 21.1. The number of aryl methyl sites for hydroxylation is 1. The highest BCUT2D eigenvalue weighted by molar-refractivity contribution is 5.83. The van der Waals surface area contributed by atoms with Crippen molar-refractivity contribution in [2.24, 2.45) is 0 Å². The average Bonchev–Trinajstić information content (AvgIpc) is 2.95. The van der Waals surface area contributed by atoms with E-state index in [1.807, 2.05) is 97.1 Å². The van der Waals surface area contributed by atoms with Crippen molar-refractivity contribution in [3.8, 4) is 11.5 Å². The number of aliphatic carboxylic acids is 1. The van der Waals surface area contributed by atoms with Crippen LogP contribution in [0.4, 0.5) is 0 Å². The zero-order chi connectivity index (χ0) is 26.6. The summed E-state index contributed by atoms with van der Waals surface area (Å²) in [5.41, 5.74) is 3.77. The van der Waals surface area contributed by atoms with E-state index in [1.165, 1.54) is 0 Å². The van der Waals surface area contributed by atoms with Crippen molar-refractivity contribution in [2.45, 2.75) is 38.5 Å². The summed E-state index contributed by atoms with van der Waals surface area (Å²) in [7, 11) is 0. The van der Waals surface area contributed by atoms with Crippen molar-refractivity contribution in [3.63, 3.8) is 0 Å². The first-order chi connectivity index (χ1) is 18.6. The van der Waals surface area contributed by atoms with Gasteiger partial charge in [-0.15, -0.1) is 0 Å². The average molecular weight is 510 g/mol. The molecule has 4 aromatic rings. The van der Waals surface area contributed by atoms with E-state index in [-0.39, 0.29) is 18.7 Å². The summed E-state index contributed by atoms with van der Waals surface area (Å²) < 4.78 is 12.1. The molecule has 0 radical (unpaired) electrons. The van der Waals surface area contributed by atoms with Gasteiger partial charge in [-0.1, -0.05) is 97.1 Å². The zero-order valence-electron chi connectivity index (χ0n) is 21.1. The number of benzene rings is 4. The molecular formula is C32H31NO5. The number of rotatable bonds is 13. The van der Waals surface area contributed by atoms with Crippen LogP contribution in [0.3, 0.4) is 0 Å². The molecule has 0 spiro atoms. The number of carbonyl (C=O) groups excluding carboxylic acids is 1. The highest BCUT2D eigenvalue weighted by Crippen LogP contribution is 2.30. The predicted octanol–water partition coefficient (Wildman–Crippen LogP) is 5.59. The molecule has 0 aliphatic rings. The van der Waals surface area contributed by atoms with Gasteiger partial charge >= 0.3 is 5.97 Å². The van der Waals surface area contributed by atoms with Gasteiger partial charge in [-0.05, 0) is 40.8 Å². The molecule has 0 heterocycles. The molecular weight excluding hydrogens is 478 g/mol. The summed E-state index contributed by atoms with van der Waals surface area (Å²) >= 11 is 0. The van der Waals surface area contributed by atoms with E-state index in [0.29, 0.717) is 31.1 Å². The van der Waals surface area contributed by atoms with E-state index in [9.17, 15) is 14.7 Å². The third-order valence-corrected chi connectivity index (χ3v) is 6.04. The lowest BCUT2D eigenvalue weighted by molar-refractivity contribution is -0.141. The second-order valence-corrected chi connectivity index (χ2v) is 8.98. The molecule has 0 aliphatic carbocycles. The fourth-order valence-corrected chi connectivity index (χ4v) is 3.99. The van der Waals surface area contributed by atoms with E-state index in [0.717, 1.165) is 22.3 Å². The number of carboxylic acids is 1. The van der Waals surface area contributed by atoms with Crippen molar-refractivity contribution < 1.29 is 24.2 Å². The van der Waals surface area contributed by atoms with Crippen LogP contribution in [0, 0.1) is 0 Å². The normalized spacial score (nSPS) is 11.4. The Morgan fingerprint density at radius 2 is 1.18 bits per heavy atom. The molecule has 2 N–H and O–H groups in total. The molecule has 0 saturated heterocycles. The number of hydrogen-bond donors (Lipinski definition) is 2. The molecule has 0 unspecified atom stereocenters. The van der Waals surface area contributed by atoms with Crippen LogP contribution in [0.15, 0.2) is 109 Å². The fourth-order valence-electron chi connectivity index (χ4n) is 3.99. The second-order valence-electron chi connectivity index (χ2n) is 8.98. The van der Waals surface area contributed by atoms with E-state index in [4.69, 9.17) is 9.47 Å². The quantitative estimate of drug-likeness (QED) is 0.245. The highest BCUT2D eigenvalue weighted by atomic mass is 16.5. The minimum absolute atomic E-state index is 0.118. The van der Waals surface area contributed by atoms with Gasteiger partial charge in [-0.2, -0.15) is 0 Å². The number of ether oxygens (including phenoxy) is 2. The molecule has 0 aromatic heterocycles. The lowest BCUT2D eigenvalue weighted by Gasteiger charge is -2.17. The number of carbonyl (C=O) groups is 2. The smallest absolute Gasteiger partial charge is 0.326 e. The molecule has 1 atom stereocenters. The summed E-state index contributed by atoms with van der Waals surface area (Å²) in [6.45, 7) is 0.710. The highest BCUT2D eigenvalue weighted by Gasteiger charge is 2.21. The van der Waals surface area contributed by atoms with Crippen LogP contribution in [0.2, 0.25) is 0 Å². The molecule has 194 valence electrons. The van der Waals surface area contributed by atoms with Gasteiger partial charge in [0.25, 0.3) is 0 Å². The summed E-state index contributed by atoms with van der Waals surface area (Å²) in [6.07, 6.45) is 0.877. The molecule has 0 bridgehead atoms. The maximum absolute atomic E-state index is 12.5. The van der Waals surface area contributed by atoms with Gasteiger partial charge in [0.1, 0.15) is 19.3 Å². The number of nitrogens with one attached hydrogen (secondary N) is 1. The van der Waals surface area contributed by atoms with Crippen molar-refractivity contribution in [2.75, 3.05) is 0 Å². The molecule has 0 aliphatic heterocycles. The molecule has 1 amide bonds. The Balaban J connectivity index is 1.44. The molecule has 0 saturated carbocycles. The Labute approximate surface area is 222 Å².